The van der Waals surface area contributed by atoms with E-state index in [9.17, 15) is 4.79 Å². The van der Waals surface area contributed by atoms with E-state index in [4.69, 9.17) is 0 Å². The SMILES string of the molecule is C=CCCCCCN(C)C(=NCC(=O)N(C)C)NCC. The minimum absolute atomic E-state index is 0.0137. The molecule has 0 saturated heterocycles. The molecule has 0 aliphatic carbocycles. The third-order valence-corrected chi connectivity index (χ3v) is 2.96. The van der Waals surface area contributed by atoms with Crippen molar-refractivity contribution in [1.82, 2.24) is 15.1 Å². The molecule has 0 heterocycles. The number of nitrogens with one attached hydrogen (secondary N) is 1. The van der Waals surface area contributed by atoms with Crippen molar-refractivity contribution in [2.45, 2.75) is 32.6 Å². The van der Waals surface area contributed by atoms with Crippen LogP contribution >= 0.6 is 0 Å². The molecule has 1 N–H and O–H groups in total. The van der Waals surface area contributed by atoms with Gasteiger partial charge in [-0.25, -0.2) is 4.99 Å². The highest BCUT2D eigenvalue weighted by Crippen LogP contribution is 2.01. The van der Waals surface area contributed by atoms with Gasteiger partial charge in [0.2, 0.25) is 5.91 Å². The summed E-state index contributed by atoms with van der Waals surface area (Å²) in [5.41, 5.74) is 0. The molecule has 0 aliphatic heterocycles. The molecule has 0 aromatic rings. The third kappa shape index (κ3) is 8.56. The highest BCUT2D eigenvalue weighted by Gasteiger charge is 2.07. The Bertz CT molecular complexity index is 313. The first-order chi connectivity index (χ1) is 9.52. The molecule has 0 fully saturated rings. The summed E-state index contributed by atoms with van der Waals surface area (Å²) in [6, 6.07) is 0. The number of aliphatic imine (C=N–C) groups is 1. The largest absolute Gasteiger partial charge is 0.357 e. The van der Waals surface area contributed by atoms with Gasteiger partial charge in [0.25, 0.3) is 0 Å². The lowest BCUT2D eigenvalue weighted by Gasteiger charge is -2.22. The van der Waals surface area contributed by atoms with E-state index in [-0.39, 0.29) is 12.5 Å². The molecule has 1 amide bonds. The molecule has 0 rings (SSSR count). The molecule has 0 aromatic carbocycles. The number of unbranched alkanes of at least 4 members (excludes halogenated alkanes) is 3. The molecule has 0 aromatic heterocycles. The van der Waals surface area contributed by atoms with Crippen molar-refractivity contribution < 1.29 is 4.79 Å². The Morgan fingerprint density at radius 1 is 1.25 bits per heavy atom. The predicted molar refractivity (Wildman–Crippen MR) is 86.0 cm³/mol. The second-order valence-corrected chi connectivity index (χ2v) is 5.02. The van der Waals surface area contributed by atoms with Crippen LogP contribution in [-0.4, -0.2) is 62.4 Å². The highest BCUT2D eigenvalue weighted by atomic mass is 16.2. The van der Waals surface area contributed by atoms with E-state index in [0.29, 0.717) is 0 Å². The molecular weight excluding hydrogens is 252 g/mol. The fourth-order valence-electron chi connectivity index (χ4n) is 1.67. The zero-order valence-corrected chi connectivity index (χ0v) is 13.5. The molecule has 116 valence electrons. The van der Waals surface area contributed by atoms with Gasteiger partial charge < -0.3 is 15.1 Å². The number of likely N-dealkylation sites (N-methyl/N-ethyl adjacent to an activating group) is 1. The fraction of sp³-hybridized carbons (Fsp3) is 0.733. The first kappa shape index (κ1) is 18.5. The van der Waals surface area contributed by atoms with Gasteiger partial charge in [0, 0.05) is 34.2 Å². The monoisotopic (exact) mass is 282 g/mol. The van der Waals surface area contributed by atoms with Crippen LogP contribution in [0.4, 0.5) is 0 Å². The first-order valence-electron chi connectivity index (χ1n) is 7.33. The van der Waals surface area contributed by atoms with Gasteiger partial charge in [0.05, 0.1) is 0 Å². The molecule has 0 bridgehead atoms. The van der Waals surface area contributed by atoms with Crippen LogP contribution in [0.5, 0.6) is 0 Å². The third-order valence-electron chi connectivity index (χ3n) is 2.96. The zero-order chi connectivity index (χ0) is 15.4. The van der Waals surface area contributed by atoms with E-state index in [2.05, 4.69) is 21.8 Å². The van der Waals surface area contributed by atoms with E-state index >= 15 is 0 Å². The standard InChI is InChI=1S/C15H30N4O/c1-6-8-9-10-11-12-19(5)15(16-7-2)17-13-14(20)18(3)4/h6H,1,7-13H2,2-5H3,(H,16,17). The predicted octanol–water partition coefficient (Wildman–Crippen LogP) is 1.72. The van der Waals surface area contributed by atoms with Gasteiger partial charge in [-0.05, 0) is 26.2 Å². The van der Waals surface area contributed by atoms with Crippen molar-refractivity contribution in [3.63, 3.8) is 0 Å². The fourth-order valence-corrected chi connectivity index (χ4v) is 1.67. The summed E-state index contributed by atoms with van der Waals surface area (Å²) >= 11 is 0. The lowest BCUT2D eigenvalue weighted by Crippen LogP contribution is -2.40. The van der Waals surface area contributed by atoms with Crippen molar-refractivity contribution in [2.24, 2.45) is 4.99 Å². The van der Waals surface area contributed by atoms with E-state index < -0.39 is 0 Å². The lowest BCUT2D eigenvalue weighted by molar-refractivity contribution is -0.127. The van der Waals surface area contributed by atoms with Crippen molar-refractivity contribution in [3.8, 4) is 0 Å². The van der Waals surface area contributed by atoms with Crippen molar-refractivity contribution in [1.29, 1.82) is 0 Å². The quantitative estimate of drug-likeness (QED) is 0.303. The molecular formula is C15H30N4O. The summed E-state index contributed by atoms with van der Waals surface area (Å²) in [7, 11) is 5.50. The number of rotatable bonds is 9. The Balaban J connectivity index is 4.23. The van der Waals surface area contributed by atoms with E-state index in [0.717, 1.165) is 31.9 Å². The lowest BCUT2D eigenvalue weighted by atomic mass is 10.2. The molecule has 5 nitrogen and oxygen atoms in total. The summed E-state index contributed by atoms with van der Waals surface area (Å²) in [4.78, 5) is 19.6. The minimum Gasteiger partial charge on any atom is -0.357 e. The number of amides is 1. The minimum atomic E-state index is 0.0137. The molecule has 0 atom stereocenters. The summed E-state index contributed by atoms with van der Waals surface area (Å²) < 4.78 is 0. The number of nitrogens with zero attached hydrogens (tertiary/aromatic N) is 3. The van der Waals surface area contributed by atoms with Gasteiger partial charge in [-0.3, -0.25) is 4.79 Å². The van der Waals surface area contributed by atoms with Crippen LogP contribution < -0.4 is 5.32 Å². The van der Waals surface area contributed by atoms with Gasteiger partial charge in [0.15, 0.2) is 5.96 Å². The van der Waals surface area contributed by atoms with Crippen molar-refractivity contribution in [3.05, 3.63) is 12.7 Å². The van der Waals surface area contributed by atoms with Gasteiger partial charge in [-0.1, -0.05) is 12.5 Å². The van der Waals surface area contributed by atoms with Gasteiger partial charge in [0.1, 0.15) is 6.54 Å². The summed E-state index contributed by atoms with van der Waals surface area (Å²) in [5.74, 6) is 0.811. The van der Waals surface area contributed by atoms with Crippen LogP contribution in [0.15, 0.2) is 17.6 Å². The second-order valence-electron chi connectivity index (χ2n) is 5.02. The molecule has 5 heteroatoms. The number of carbonyl (C=O) groups excluding carboxylic acids is 1. The van der Waals surface area contributed by atoms with Crippen LogP contribution in [0.2, 0.25) is 0 Å². The maximum atomic E-state index is 11.6. The number of guanidine groups is 1. The van der Waals surface area contributed by atoms with E-state index in [1.807, 2.05) is 20.0 Å². The number of hydrogen-bond acceptors (Lipinski definition) is 2. The summed E-state index contributed by atoms with van der Waals surface area (Å²) in [5, 5.41) is 3.22. The van der Waals surface area contributed by atoms with Gasteiger partial charge >= 0.3 is 0 Å². The molecule has 0 spiro atoms. The van der Waals surface area contributed by atoms with Gasteiger partial charge in [-0.2, -0.15) is 0 Å². The highest BCUT2D eigenvalue weighted by molar-refractivity contribution is 5.84. The number of carbonyl (C=O) groups is 1. The van der Waals surface area contributed by atoms with Crippen LogP contribution in [0.3, 0.4) is 0 Å². The van der Waals surface area contributed by atoms with Crippen LogP contribution in [0.1, 0.15) is 32.6 Å². The zero-order valence-electron chi connectivity index (χ0n) is 13.5. The average molecular weight is 282 g/mol. The topological polar surface area (TPSA) is 47.9 Å². The molecule has 0 saturated carbocycles. The Morgan fingerprint density at radius 3 is 2.50 bits per heavy atom. The molecule has 0 radical (unpaired) electrons. The Labute approximate surface area is 123 Å². The summed E-state index contributed by atoms with van der Waals surface area (Å²) in [6.45, 7) is 7.69. The van der Waals surface area contributed by atoms with Crippen LogP contribution in [0, 0.1) is 0 Å². The van der Waals surface area contributed by atoms with E-state index in [1.165, 1.54) is 12.8 Å². The normalized spacial score (nSPS) is 11.1. The Morgan fingerprint density at radius 2 is 1.95 bits per heavy atom. The average Bonchev–Trinajstić information content (AvgIpc) is 2.42. The summed E-state index contributed by atoms with van der Waals surface area (Å²) in [6.07, 6.45) is 6.53. The van der Waals surface area contributed by atoms with Crippen molar-refractivity contribution >= 4 is 11.9 Å². The molecule has 0 aliphatic rings. The number of allylic oxidation sites excluding steroid dienone is 1. The first-order valence-corrected chi connectivity index (χ1v) is 7.33. The molecule has 0 unspecified atom stereocenters. The van der Waals surface area contributed by atoms with Crippen molar-refractivity contribution in [2.75, 3.05) is 40.8 Å². The molecule has 20 heavy (non-hydrogen) atoms. The van der Waals surface area contributed by atoms with Crippen LogP contribution in [0.25, 0.3) is 0 Å². The Hall–Kier alpha value is -1.52. The van der Waals surface area contributed by atoms with Crippen LogP contribution in [-0.2, 0) is 4.79 Å². The Kier molecular flexibility index (Phi) is 10.5. The maximum absolute atomic E-state index is 11.6. The van der Waals surface area contributed by atoms with E-state index in [1.54, 1.807) is 19.0 Å². The van der Waals surface area contributed by atoms with Gasteiger partial charge in [-0.15, -0.1) is 6.58 Å². The maximum Gasteiger partial charge on any atom is 0.243 e. The number of hydrogen-bond donors (Lipinski definition) is 1. The second kappa shape index (κ2) is 11.3. The smallest absolute Gasteiger partial charge is 0.243 e.